The van der Waals surface area contributed by atoms with Crippen molar-refractivity contribution < 1.29 is 9.47 Å². The molecule has 0 spiro atoms. The van der Waals surface area contributed by atoms with Crippen LogP contribution in [0.3, 0.4) is 0 Å². The van der Waals surface area contributed by atoms with Crippen LogP contribution in [0.4, 0.5) is 5.82 Å². The smallest absolute Gasteiger partial charge is 0.180 e. The molecule has 1 aromatic carbocycles. The number of hydrogen-bond donors (Lipinski definition) is 1. The number of ether oxygens (including phenoxy) is 2. The summed E-state index contributed by atoms with van der Waals surface area (Å²) in [7, 11) is 3.11. The molecule has 0 fully saturated rings. The number of anilines is 1. The Bertz CT molecular complexity index is 605. The second-order valence-electron chi connectivity index (χ2n) is 3.96. The highest BCUT2D eigenvalue weighted by atomic mass is 35.5. The van der Waals surface area contributed by atoms with Gasteiger partial charge < -0.3 is 14.8 Å². The van der Waals surface area contributed by atoms with E-state index in [9.17, 15) is 0 Å². The number of methoxy groups -OCH3 is 2. The Labute approximate surface area is 122 Å². The van der Waals surface area contributed by atoms with Crippen LogP contribution in [0.25, 0.3) is 11.4 Å². The molecule has 0 aliphatic rings. The van der Waals surface area contributed by atoms with E-state index >= 15 is 0 Å². The molecule has 2 rings (SSSR count). The van der Waals surface area contributed by atoms with Gasteiger partial charge in [-0.05, 0) is 25.1 Å². The zero-order chi connectivity index (χ0) is 14.5. The molecule has 0 unspecified atom stereocenters. The van der Waals surface area contributed by atoms with E-state index < -0.39 is 0 Å². The van der Waals surface area contributed by atoms with E-state index in [1.807, 2.05) is 19.1 Å². The van der Waals surface area contributed by atoms with Crippen LogP contribution in [0.5, 0.6) is 11.5 Å². The fourth-order valence-corrected chi connectivity index (χ4v) is 2.15. The van der Waals surface area contributed by atoms with Crippen molar-refractivity contribution in [2.24, 2.45) is 0 Å². The summed E-state index contributed by atoms with van der Waals surface area (Å²) >= 11 is 6.35. The van der Waals surface area contributed by atoms with E-state index in [1.165, 1.54) is 0 Å². The molecule has 20 heavy (non-hydrogen) atoms. The van der Waals surface area contributed by atoms with Crippen molar-refractivity contribution in [2.75, 3.05) is 26.1 Å². The second kappa shape index (κ2) is 6.43. The molecule has 0 radical (unpaired) electrons. The van der Waals surface area contributed by atoms with Gasteiger partial charge in [-0.3, -0.25) is 0 Å². The van der Waals surface area contributed by atoms with E-state index in [1.54, 1.807) is 26.5 Å². The van der Waals surface area contributed by atoms with Crippen LogP contribution in [-0.4, -0.2) is 30.7 Å². The van der Waals surface area contributed by atoms with Crippen molar-refractivity contribution in [3.63, 3.8) is 0 Å². The molecule has 6 heteroatoms. The van der Waals surface area contributed by atoms with Gasteiger partial charge in [0, 0.05) is 18.3 Å². The monoisotopic (exact) mass is 293 g/mol. The van der Waals surface area contributed by atoms with Gasteiger partial charge in [0.25, 0.3) is 0 Å². The Kier molecular flexibility index (Phi) is 4.63. The third-order valence-corrected chi connectivity index (χ3v) is 3.11. The number of aromatic nitrogens is 2. The lowest BCUT2D eigenvalue weighted by Crippen LogP contribution is -2.01. The molecule has 106 valence electrons. The van der Waals surface area contributed by atoms with Gasteiger partial charge in [-0.15, -0.1) is 0 Å². The Morgan fingerprint density at radius 3 is 2.65 bits per heavy atom. The molecule has 1 heterocycles. The highest BCUT2D eigenvalue weighted by Gasteiger charge is 2.16. The second-order valence-corrected chi connectivity index (χ2v) is 4.34. The highest BCUT2D eigenvalue weighted by molar-refractivity contribution is 6.35. The summed E-state index contributed by atoms with van der Waals surface area (Å²) in [5.41, 5.74) is 0.698. The molecule has 0 bridgehead atoms. The van der Waals surface area contributed by atoms with Crippen molar-refractivity contribution in [1.82, 2.24) is 9.97 Å². The molecule has 1 aromatic heterocycles. The number of rotatable bonds is 5. The highest BCUT2D eigenvalue weighted by Crippen LogP contribution is 2.40. The predicted octanol–water partition coefficient (Wildman–Crippen LogP) is 3.25. The van der Waals surface area contributed by atoms with E-state index in [2.05, 4.69) is 15.3 Å². The molecular formula is C14H16ClN3O2. The number of benzene rings is 1. The minimum absolute atomic E-state index is 0.431. The minimum atomic E-state index is 0.431. The third-order valence-electron chi connectivity index (χ3n) is 2.74. The first-order valence-electron chi connectivity index (χ1n) is 6.19. The van der Waals surface area contributed by atoms with Gasteiger partial charge in [0.1, 0.15) is 5.82 Å². The summed E-state index contributed by atoms with van der Waals surface area (Å²) in [5, 5.41) is 3.57. The molecular weight excluding hydrogens is 278 g/mol. The SMILES string of the molecule is CCNc1ccnc(-c2ccc(OC)c(OC)c2Cl)n1. The minimum Gasteiger partial charge on any atom is -0.493 e. The fraction of sp³-hybridized carbons (Fsp3) is 0.286. The molecule has 5 nitrogen and oxygen atoms in total. The average molecular weight is 294 g/mol. The first kappa shape index (κ1) is 14.4. The van der Waals surface area contributed by atoms with Crippen LogP contribution in [-0.2, 0) is 0 Å². The molecule has 0 saturated heterocycles. The zero-order valence-corrected chi connectivity index (χ0v) is 12.4. The number of nitrogens with one attached hydrogen (secondary N) is 1. The summed E-state index contributed by atoms with van der Waals surface area (Å²) < 4.78 is 10.5. The van der Waals surface area contributed by atoms with Crippen LogP contribution >= 0.6 is 11.6 Å². The molecule has 0 saturated carbocycles. The molecule has 2 aromatic rings. The van der Waals surface area contributed by atoms with Gasteiger partial charge in [-0.2, -0.15) is 0 Å². The van der Waals surface area contributed by atoms with Crippen LogP contribution in [0, 0.1) is 0 Å². The lowest BCUT2D eigenvalue weighted by molar-refractivity contribution is 0.355. The van der Waals surface area contributed by atoms with Crippen molar-refractivity contribution >= 4 is 17.4 Å². The number of hydrogen-bond acceptors (Lipinski definition) is 5. The van der Waals surface area contributed by atoms with Crippen LogP contribution in [0.15, 0.2) is 24.4 Å². The Balaban J connectivity index is 2.50. The zero-order valence-electron chi connectivity index (χ0n) is 11.6. The molecule has 0 amide bonds. The van der Waals surface area contributed by atoms with E-state index in [4.69, 9.17) is 21.1 Å². The van der Waals surface area contributed by atoms with E-state index in [-0.39, 0.29) is 0 Å². The predicted molar refractivity (Wildman–Crippen MR) is 79.7 cm³/mol. The van der Waals surface area contributed by atoms with Gasteiger partial charge in [0.05, 0.1) is 19.2 Å². The summed E-state index contributed by atoms with van der Waals surface area (Å²) in [4.78, 5) is 8.67. The maximum atomic E-state index is 6.35. The maximum Gasteiger partial charge on any atom is 0.180 e. The summed E-state index contributed by atoms with van der Waals surface area (Å²) in [6.45, 7) is 2.79. The van der Waals surface area contributed by atoms with Crippen molar-refractivity contribution in [3.8, 4) is 22.9 Å². The van der Waals surface area contributed by atoms with E-state index in [0.29, 0.717) is 27.9 Å². The number of halogens is 1. The average Bonchev–Trinajstić information content (AvgIpc) is 2.47. The molecule has 0 aliphatic heterocycles. The first-order chi connectivity index (χ1) is 9.71. The quantitative estimate of drug-likeness (QED) is 0.917. The van der Waals surface area contributed by atoms with Crippen LogP contribution < -0.4 is 14.8 Å². The van der Waals surface area contributed by atoms with Gasteiger partial charge in [0.2, 0.25) is 0 Å². The third kappa shape index (κ3) is 2.77. The van der Waals surface area contributed by atoms with Gasteiger partial charge in [-0.25, -0.2) is 9.97 Å². The summed E-state index contributed by atoms with van der Waals surface area (Å²) in [5.74, 6) is 2.34. The fourth-order valence-electron chi connectivity index (χ4n) is 1.83. The van der Waals surface area contributed by atoms with Crippen molar-refractivity contribution in [1.29, 1.82) is 0 Å². The molecule has 0 aliphatic carbocycles. The summed E-state index contributed by atoms with van der Waals surface area (Å²) in [6.07, 6.45) is 1.69. The Hall–Kier alpha value is -2.01. The normalized spacial score (nSPS) is 10.2. The lowest BCUT2D eigenvalue weighted by Gasteiger charge is -2.12. The first-order valence-corrected chi connectivity index (χ1v) is 6.56. The number of nitrogens with zero attached hydrogens (tertiary/aromatic N) is 2. The Morgan fingerprint density at radius 1 is 1.20 bits per heavy atom. The van der Waals surface area contributed by atoms with E-state index in [0.717, 1.165) is 12.4 Å². The van der Waals surface area contributed by atoms with Gasteiger partial charge in [-0.1, -0.05) is 11.6 Å². The van der Waals surface area contributed by atoms with Crippen molar-refractivity contribution in [2.45, 2.75) is 6.92 Å². The molecule has 1 N–H and O–H groups in total. The standard InChI is InChI=1S/C14H16ClN3O2/c1-4-16-11-7-8-17-14(18-11)9-5-6-10(19-2)13(20-3)12(9)15/h5-8H,4H2,1-3H3,(H,16,17,18). The Morgan fingerprint density at radius 2 is 2.00 bits per heavy atom. The topological polar surface area (TPSA) is 56.3 Å². The summed E-state index contributed by atoms with van der Waals surface area (Å²) in [6, 6.07) is 5.40. The molecule has 0 atom stereocenters. The van der Waals surface area contributed by atoms with Crippen LogP contribution in [0.2, 0.25) is 5.02 Å². The van der Waals surface area contributed by atoms with Crippen molar-refractivity contribution in [3.05, 3.63) is 29.4 Å². The lowest BCUT2D eigenvalue weighted by atomic mass is 10.2. The largest absolute Gasteiger partial charge is 0.493 e. The maximum absolute atomic E-state index is 6.35. The van der Waals surface area contributed by atoms with Crippen LogP contribution in [0.1, 0.15) is 6.92 Å². The van der Waals surface area contributed by atoms with Gasteiger partial charge in [0.15, 0.2) is 17.3 Å². The van der Waals surface area contributed by atoms with Gasteiger partial charge >= 0.3 is 0 Å².